The first-order chi connectivity index (χ1) is 11.6. The van der Waals surface area contributed by atoms with Crippen molar-refractivity contribution < 1.29 is 14.0 Å². The van der Waals surface area contributed by atoms with Crippen molar-refractivity contribution in [2.24, 2.45) is 5.73 Å². The zero-order chi connectivity index (χ0) is 16.9. The van der Waals surface area contributed by atoms with Gasteiger partial charge in [-0.05, 0) is 49.5 Å². The van der Waals surface area contributed by atoms with Gasteiger partial charge in [-0.3, -0.25) is 9.59 Å². The van der Waals surface area contributed by atoms with Crippen LogP contribution in [-0.2, 0) is 17.6 Å². The normalized spacial score (nSPS) is 14.8. The second-order valence-electron chi connectivity index (χ2n) is 5.82. The third-order valence-electron chi connectivity index (χ3n) is 4.10. The molecule has 0 unspecified atom stereocenters. The van der Waals surface area contributed by atoms with Crippen molar-refractivity contribution in [1.82, 2.24) is 0 Å². The van der Waals surface area contributed by atoms with E-state index in [-0.39, 0.29) is 5.91 Å². The molecule has 3 rings (SSSR count). The number of nitrogens with two attached hydrogens (primary N) is 1. The number of aryl methyl sites for hydroxylation is 1. The van der Waals surface area contributed by atoms with E-state index in [1.807, 2.05) is 0 Å². The van der Waals surface area contributed by atoms with Gasteiger partial charge in [0.25, 0.3) is 5.91 Å². The molecule has 1 aliphatic carbocycles. The van der Waals surface area contributed by atoms with Crippen LogP contribution in [0.1, 0.15) is 52.2 Å². The first kappa shape index (κ1) is 16.5. The monoisotopic (exact) mass is 344 g/mol. The van der Waals surface area contributed by atoms with Crippen molar-refractivity contribution in [3.8, 4) is 0 Å². The van der Waals surface area contributed by atoms with Gasteiger partial charge in [0.15, 0.2) is 0 Å². The Morgan fingerprint density at radius 3 is 2.71 bits per heavy atom. The number of nitrogens with one attached hydrogen (secondary N) is 1. The van der Waals surface area contributed by atoms with Gasteiger partial charge in [0, 0.05) is 11.0 Å². The topological polar surface area (TPSA) is 85.3 Å². The molecule has 2 aromatic rings. The van der Waals surface area contributed by atoms with Crippen LogP contribution in [0, 0.1) is 0 Å². The van der Waals surface area contributed by atoms with Crippen LogP contribution in [0.15, 0.2) is 28.9 Å². The minimum absolute atomic E-state index is 0.303. The number of hydrogen-bond acceptors (Lipinski definition) is 4. The molecule has 0 radical (unpaired) electrons. The van der Waals surface area contributed by atoms with E-state index in [9.17, 15) is 9.59 Å². The van der Waals surface area contributed by atoms with Crippen LogP contribution in [0.25, 0.3) is 6.08 Å². The van der Waals surface area contributed by atoms with Crippen LogP contribution >= 0.6 is 11.3 Å². The standard InChI is InChI=1S/C18H20N2O3S/c19-17(22)16-13-7-3-1-2-4-8-14(13)24-18(16)20-15(21)10-9-12-6-5-11-23-12/h5-6,9-11H,1-4,7-8H2,(H2,19,22)(H,20,21)/b10-9-. The highest BCUT2D eigenvalue weighted by Crippen LogP contribution is 2.36. The zero-order valence-corrected chi connectivity index (χ0v) is 14.2. The molecule has 0 saturated carbocycles. The highest BCUT2D eigenvalue weighted by molar-refractivity contribution is 7.17. The molecule has 5 nitrogen and oxygen atoms in total. The summed E-state index contributed by atoms with van der Waals surface area (Å²) in [5, 5.41) is 3.36. The summed E-state index contributed by atoms with van der Waals surface area (Å²) in [6, 6.07) is 3.51. The summed E-state index contributed by atoms with van der Waals surface area (Å²) in [7, 11) is 0. The molecule has 0 saturated heterocycles. The number of rotatable bonds is 4. The quantitative estimate of drug-likeness (QED) is 0.828. The summed E-state index contributed by atoms with van der Waals surface area (Å²) in [6.07, 6.45) is 10.8. The second-order valence-corrected chi connectivity index (χ2v) is 6.93. The van der Waals surface area contributed by atoms with E-state index in [2.05, 4.69) is 5.32 Å². The third kappa shape index (κ3) is 3.76. The van der Waals surface area contributed by atoms with Gasteiger partial charge >= 0.3 is 0 Å². The molecular formula is C18H20N2O3S. The maximum atomic E-state index is 12.1. The Kier molecular flexibility index (Phi) is 5.15. The average Bonchev–Trinajstić information content (AvgIpc) is 3.13. The number of thiophene rings is 1. The number of fused-ring (bicyclic) bond motifs is 1. The molecule has 1 aliphatic rings. The van der Waals surface area contributed by atoms with E-state index in [1.165, 1.54) is 35.1 Å². The van der Waals surface area contributed by atoms with Gasteiger partial charge in [0.05, 0.1) is 11.8 Å². The summed E-state index contributed by atoms with van der Waals surface area (Å²) in [5.41, 5.74) is 7.09. The van der Waals surface area contributed by atoms with E-state index >= 15 is 0 Å². The molecule has 0 aromatic carbocycles. The molecule has 0 bridgehead atoms. The Morgan fingerprint density at radius 1 is 1.21 bits per heavy atom. The first-order valence-corrected chi connectivity index (χ1v) is 8.93. The van der Waals surface area contributed by atoms with E-state index in [0.29, 0.717) is 16.3 Å². The fraction of sp³-hybridized carbons (Fsp3) is 0.333. The highest BCUT2D eigenvalue weighted by Gasteiger charge is 2.23. The predicted octanol–water partition coefficient (Wildman–Crippen LogP) is 3.75. The summed E-state index contributed by atoms with van der Waals surface area (Å²) in [5.74, 6) is -0.180. The lowest BCUT2D eigenvalue weighted by atomic mass is 9.96. The molecule has 126 valence electrons. The van der Waals surface area contributed by atoms with Crippen molar-refractivity contribution in [1.29, 1.82) is 0 Å². The SMILES string of the molecule is NC(=O)c1c(NC(=O)/C=C\c2ccco2)sc2c1CCCCCC2. The van der Waals surface area contributed by atoms with Crippen LogP contribution in [-0.4, -0.2) is 11.8 Å². The number of amides is 2. The second kappa shape index (κ2) is 7.49. The summed E-state index contributed by atoms with van der Waals surface area (Å²) in [4.78, 5) is 25.2. The molecule has 2 amide bonds. The lowest BCUT2D eigenvalue weighted by Crippen LogP contribution is -2.17. The Balaban J connectivity index is 1.83. The summed E-state index contributed by atoms with van der Waals surface area (Å²) in [6.45, 7) is 0. The van der Waals surface area contributed by atoms with E-state index in [4.69, 9.17) is 10.2 Å². The lowest BCUT2D eigenvalue weighted by Gasteiger charge is -2.10. The largest absolute Gasteiger partial charge is 0.465 e. The predicted molar refractivity (Wildman–Crippen MR) is 95.1 cm³/mol. The van der Waals surface area contributed by atoms with Gasteiger partial charge in [-0.2, -0.15) is 0 Å². The molecule has 6 heteroatoms. The summed E-state index contributed by atoms with van der Waals surface area (Å²) < 4.78 is 5.15. The van der Waals surface area contributed by atoms with E-state index in [1.54, 1.807) is 24.5 Å². The number of carbonyl (C=O) groups is 2. The van der Waals surface area contributed by atoms with Gasteiger partial charge in [-0.25, -0.2) is 0 Å². The maximum Gasteiger partial charge on any atom is 0.251 e. The molecule has 0 atom stereocenters. The Morgan fingerprint density at radius 2 is 2.00 bits per heavy atom. The fourth-order valence-electron chi connectivity index (χ4n) is 2.97. The van der Waals surface area contributed by atoms with Crippen molar-refractivity contribution in [2.45, 2.75) is 38.5 Å². The number of furan rings is 1. The van der Waals surface area contributed by atoms with Crippen LogP contribution in [0.2, 0.25) is 0 Å². The first-order valence-electron chi connectivity index (χ1n) is 8.12. The van der Waals surface area contributed by atoms with Gasteiger partial charge in [0.1, 0.15) is 10.8 Å². The van der Waals surface area contributed by atoms with Crippen LogP contribution in [0.3, 0.4) is 0 Å². The molecule has 24 heavy (non-hydrogen) atoms. The van der Waals surface area contributed by atoms with Crippen LogP contribution < -0.4 is 11.1 Å². The lowest BCUT2D eigenvalue weighted by molar-refractivity contribution is -0.111. The number of hydrogen-bond donors (Lipinski definition) is 2. The molecule has 0 aliphatic heterocycles. The van der Waals surface area contributed by atoms with Gasteiger partial charge < -0.3 is 15.5 Å². The molecule has 0 spiro atoms. The smallest absolute Gasteiger partial charge is 0.251 e. The van der Waals surface area contributed by atoms with E-state index in [0.717, 1.165) is 31.2 Å². The average molecular weight is 344 g/mol. The fourth-order valence-corrected chi connectivity index (χ4v) is 4.26. The maximum absolute atomic E-state index is 12.1. The van der Waals surface area contributed by atoms with Gasteiger partial charge in [-0.15, -0.1) is 11.3 Å². The van der Waals surface area contributed by atoms with Crippen molar-refractivity contribution in [3.05, 3.63) is 46.2 Å². The molecule has 2 heterocycles. The Bertz CT molecular complexity index is 760. The van der Waals surface area contributed by atoms with Crippen molar-refractivity contribution in [3.63, 3.8) is 0 Å². The minimum Gasteiger partial charge on any atom is -0.465 e. The molecule has 0 fully saturated rings. The van der Waals surface area contributed by atoms with Crippen molar-refractivity contribution >= 4 is 34.2 Å². The van der Waals surface area contributed by atoms with Gasteiger partial charge in [0.2, 0.25) is 5.91 Å². The Hall–Kier alpha value is -2.34. The highest BCUT2D eigenvalue weighted by atomic mass is 32.1. The van der Waals surface area contributed by atoms with Crippen LogP contribution in [0.5, 0.6) is 0 Å². The van der Waals surface area contributed by atoms with E-state index < -0.39 is 5.91 Å². The third-order valence-corrected chi connectivity index (χ3v) is 5.30. The summed E-state index contributed by atoms with van der Waals surface area (Å²) >= 11 is 1.47. The molecule has 3 N–H and O–H groups in total. The molecular weight excluding hydrogens is 324 g/mol. The zero-order valence-electron chi connectivity index (χ0n) is 13.3. The van der Waals surface area contributed by atoms with Crippen molar-refractivity contribution in [2.75, 3.05) is 5.32 Å². The number of primary amides is 1. The van der Waals surface area contributed by atoms with Gasteiger partial charge in [-0.1, -0.05) is 12.8 Å². The Labute approximate surface area is 144 Å². The number of anilines is 1. The number of carbonyl (C=O) groups excluding carboxylic acids is 2. The van der Waals surface area contributed by atoms with Crippen LogP contribution in [0.4, 0.5) is 5.00 Å². The molecule has 2 aromatic heterocycles. The minimum atomic E-state index is -0.474.